The molecule has 0 saturated carbocycles. The molecular weight excluding hydrogens is 727 g/mol. The van der Waals surface area contributed by atoms with Crippen LogP contribution in [-0.4, -0.2) is 0 Å². The van der Waals surface area contributed by atoms with Crippen molar-refractivity contribution in [3.05, 3.63) is 205 Å². The molecule has 1 aliphatic rings. The zero-order chi connectivity index (χ0) is 38.2. The lowest BCUT2D eigenvalue weighted by atomic mass is 9.86. The molecule has 0 bridgehead atoms. The van der Waals surface area contributed by atoms with Crippen LogP contribution in [0.25, 0.3) is 81.4 Å². The number of allylic oxidation sites excluding steroid dienone is 1. The minimum Gasteiger partial charge on any atom is -0.460 e. The second-order valence-corrected chi connectivity index (χ2v) is 16.3. The Morgan fingerprint density at radius 2 is 1.14 bits per heavy atom. The van der Waals surface area contributed by atoms with E-state index in [9.17, 15) is 0 Å². The largest absolute Gasteiger partial charge is 0.460 e. The van der Waals surface area contributed by atoms with Crippen LogP contribution in [0.4, 0.5) is 17.1 Å². The fourth-order valence-corrected chi connectivity index (χ4v) is 10.1. The van der Waals surface area contributed by atoms with Gasteiger partial charge in [-0.15, -0.1) is 11.3 Å². The van der Waals surface area contributed by atoms with E-state index in [1.54, 1.807) is 0 Å². The summed E-state index contributed by atoms with van der Waals surface area (Å²) in [4.78, 5) is 2.36. The number of furan rings is 2. The van der Waals surface area contributed by atoms with E-state index in [1.165, 1.54) is 47.8 Å². The molecule has 0 radical (unpaired) electrons. The average Bonchev–Trinajstić information content (AvgIpc) is 3.98. The first-order valence-electron chi connectivity index (χ1n) is 19.8. The van der Waals surface area contributed by atoms with Gasteiger partial charge >= 0.3 is 0 Å². The van der Waals surface area contributed by atoms with Crippen molar-refractivity contribution < 1.29 is 8.83 Å². The minimum absolute atomic E-state index is 0.152. The van der Waals surface area contributed by atoms with Gasteiger partial charge < -0.3 is 13.7 Å². The summed E-state index contributed by atoms with van der Waals surface area (Å²) in [6.07, 6.45) is 5.40. The maximum absolute atomic E-state index is 6.50. The smallest absolute Gasteiger partial charge is 0.143 e. The number of nitrogens with zero attached hydrogens (tertiary/aromatic N) is 1. The van der Waals surface area contributed by atoms with Gasteiger partial charge in [0.15, 0.2) is 0 Å². The fraction of sp³-hybridized carbons (Fsp3) is 0.0370. The molecule has 1 atom stereocenters. The lowest BCUT2D eigenvalue weighted by Gasteiger charge is -2.27. The van der Waals surface area contributed by atoms with Crippen LogP contribution in [0.3, 0.4) is 0 Å². The van der Waals surface area contributed by atoms with Gasteiger partial charge in [-0.3, -0.25) is 0 Å². The fourth-order valence-electron chi connectivity index (χ4n) is 9.03. The van der Waals surface area contributed by atoms with Crippen molar-refractivity contribution in [1.82, 2.24) is 0 Å². The Balaban J connectivity index is 0.958. The predicted molar refractivity (Wildman–Crippen MR) is 244 cm³/mol. The monoisotopic (exact) mass is 761 g/mol. The van der Waals surface area contributed by atoms with Gasteiger partial charge in [-0.1, -0.05) is 127 Å². The van der Waals surface area contributed by atoms with Crippen LogP contribution in [0, 0.1) is 0 Å². The van der Waals surface area contributed by atoms with E-state index in [0.717, 1.165) is 67.9 Å². The highest BCUT2D eigenvalue weighted by Gasteiger charge is 2.26. The Morgan fingerprint density at radius 1 is 0.466 bits per heavy atom. The molecule has 58 heavy (non-hydrogen) atoms. The molecule has 11 aromatic rings. The Hall–Kier alpha value is -7.14. The summed E-state index contributed by atoms with van der Waals surface area (Å²) in [5.41, 5.74) is 13.0. The summed E-state index contributed by atoms with van der Waals surface area (Å²) in [6, 6.07) is 65.5. The maximum atomic E-state index is 6.50. The maximum Gasteiger partial charge on any atom is 0.143 e. The number of para-hydroxylation sites is 3. The molecule has 8 aromatic carbocycles. The van der Waals surface area contributed by atoms with Gasteiger partial charge in [0, 0.05) is 70.4 Å². The van der Waals surface area contributed by atoms with Gasteiger partial charge in [0.25, 0.3) is 0 Å². The third kappa shape index (κ3) is 5.33. The van der Waals surface area contributed by atoms with Crippen molar-refractivity contribution >= 4 is 87.6 Å². The summed E-state index contributed by atoms with van der Waals surface area (Å²) in [7, 11) is 0. The SMILES string of the molecule is C1=Cc2c(oc3ccccc23)C(c2ccc(N(c3ccc(-c4ccc5sc6ccccc6c5c4)cc3)c3cccc(-c4cccc5c4oc4ccccc45)c3)cc2)C1. The van der Waals surface area contributed by atoms with Gasteiger partial charge in [0.05, 0.1) is 0 Å². The first-order valence-corrected chi connectivity index (χ1v) is 20.7. The Kier molecular flexibility index (Phi) is 7.54. The van der Waals surface area contributed by atoms with Crippen molar-refractivity contribution in [3.8, 4) is 22.3 Å². The van der Waals surface area contributed by atoms with E-state index >= 15 is 0 Å². The van der Waals surface area contributed by atoms with Gasteiger partial charge in [-0.05, 0) is 95.4 Å². The second-order valence-electron chi connectivity index (χ2n) is 15.2. The van der Waals surface area contributed by atoms with E-state index in [1.807, 2.05) is 29.5 Å². The predicted octanol–water partition coefficient (Wildman–Crippen LogP) is 16.1. The van der Waals surface area contributed by atoms with E-state index in [4.69, 9.17) is 8.83 Å². The Bertz CT molecular complexity index is 3380. The van der Waals surface area contributed by atoms with Crippen molar-refractivity contribution in [2.45, 2.75) is 12.3 Å². The zero-order valence-electron chi connectivity index (χ0n) is 31.4. The number of hydrogen-bond acceptors (Lipinski definition) is 4. The van der Waals surface area contributed by atoms with Crippen LogP contribution in [0.15, 0.2) is 197 Å². The van der Waals surface area contributed by atoms with Crippen LogP contribution in [0.1, 0.15) is 29.2 Å². The molecule has 0 N–H and O–H groups in total. The number of hydrogen-bond donors (Lipinski definition) is 0. The number of fused-ring (bicyclic) bond motifs is 9. The van der Waals surface area contributed by atoms with Gasteiger partial charge in [0.2, 0.25) is 0 Å². The quantitative estimate of drug-likeness (QED) is 0.169. The summed E-state index contributed by atoms with van der Waals surface area (Å²) >= 11 is 1.85. The number of anilines is 3. The third-order valence-electron chi connectivity index (χ3n) is 11.8. The van der Waals surface area contributed by atoms with E-state index in [2.05, 4.69) is 181 Å². The average molecular weight is 762 g/mol. The van der Waals surface area contributed by atoms with Crippen molar-refractivity contribution in [3.63, 3.8) is 0 Å². The molecule has 1 unspecified atom stereocenters. The topological polar surface area (TPSA) is 29.5 Å². The molecule has 0 fully saturated rings. The van der Waals surface area contributed by atoms with Crippen LogP contribution < -0.4 is 4.90 Å². The molecular formula is C54H35NO2S. The van der Waals surface area contributed by atoms with Crippen molar-refractivity contribution in [1.29, 1.82) is 0 Å². The summed E-state index contributed by atoms with van der Waals surface area (Å²) in [5, 5.41) is 6.05. The van der Waals surface area contributed by atoms with Crippen LogP contribution >= 0.6 is 11.3 Å². The van der Waals surface area contributed by atoms with E-state index in [-0.39, 0.29) is 5.92 Å². The molecule has 4 heteroatoms. The van der Waals surface area contributed by atoms with Crippen molar-refractivity contribution in [2.24, 2.45) is 0 Å². The summed E-state index contributed by atoms with van der Waals surface area (Å²) in [5.74, 6) is 1.20. The zero-order valence-corrected chi connectivity index (χ0v) is 32.2. The first-order chi connectivity index (χ1) is 28.7. The molecule has 0 aliphatic heterocycles. The molecule has 0 saturated heterocycles. The Morgan fingerprint density at radius 3 is 1.98 bits per heavy atom. The molecule has 12 rings (SSSR count). The van der Waals surface area contributed by atoms with Crippen LogP contribution in [-0.2, 0) is 0 Å². The lowest BCUT2D eigenvalue weighted by molar-refractivity contribution is 0.517. The highest BCUT2D eigenvalue weighted by molar-refractivity contribution is 7.25. The molecule has 0 amide bonds. The van der Waals surface area contributed by atoms with E-state index < -0.39 is 0 Å². The summed E-state index contributed by atoms with van der Waals surface area (Å²) in [6.45, 7) is 0. The molecule has 3 aromatic heterocycles. The van der Waals surface area contributed by atoms with Crippen molar-refractivity contribution in [2.75, 3.05) is 4.90 Å². The van der Waals surface area contributed by atoms with Gasteiger partial charge in [-0.25, -0.2) is 0 Å². The number of rotatable bonds is 6. The number of benzene rings is 8. The standard InChI is InChI=1S/C54H35NO2S/c1-4-19-49-43(12-1)46-17-8-15-41(53(46)56-49)35-24-29-39(30-25-35)55(38-27-22-34(23-28-38)36-26-31-52-48(33-36)45-14-3-6-21-51(45)58-52)40-11-7-10-37(32-40)42-16-9-18-47-44-13-2-5-20-50(44)57-54(42)47/h1-14,16-33,41H,15H2. The molecule has 3 nitrogen and oxygen atoms in total. The molecule has 274 valence electrons. The van der Waals surface area contributed by atoms with Gasteiger partial charge in [0.1, 0.15) is 22.5 Å². The normalized spacial score (nSPS) is 13.9. The number of thiophene rings is 1. The highest BCUT2D eigenvalue weighted by Crippen LogP contribution is 2.44. The first kappa shape index (κ1) is 33.0. The highest BCUT2D eigenvalue weighted by atomic mass is 32.1. The van der Waals surface area contributed by atoms with Crippen LogP contribution in [0.5, 0.6) is 0 Å². The Labute approximate surface area is 339 Å². The molecule has 3 heterocycles. The third-order valence-corrected chi connectivity index (χ3v) is 13.0. The molecule has 1 aliphatic carbocycles. The molecule has 0 spiro atoms. The lowest BCUT2D eigenvalue weighted by Crippen LogP contribution is -2.10. The van der Waals surface area contributed by atoms with Gasteiger partial charge in [-0.2, -0.15) is 0 Å². The summed E-state index contributed by atoms with van der Waals surface area (Å²) < 4.78 is 15.6. The van der Waals surface area contributed by atoms with Crippen LogP contribution in [0.2, 0.25) is 0 Å². The van der Waals surface area contributed by atoms with E-state index in [0.29, 0.717) is 0 Å². The minimum atomic E-state index is 0.152. The second kappa shape index (κ2) is 13.2.